The van der Waals surface area contributed by atoms with Crippen molar-refractivity contribution in [3.05, 3.63) is 123 Å². The summed E-state index contributed by atoms with van der Waals surface area (Å²) in [5.41, 5.74) is 7.09. The third-order valence-corrected chi connectivity index (χ3v) is 12.2. The van der Waals surface area contributed by atoms with E-state index in [9.17, 15) is 10.5 Å². The monoisotopic (exact) mass is 742 g/mol. The van der Waals surface area contributed by atoms with E-state index in [1.165, 1.54) is 35.5 Å². The van der Waals surface area contributed by atoms with E-state index in [4.69, 9.17) is 14.7 Å². The van der Waals surface area contributed by atoms with Gasteiger partial charge in [0.2, 0.25) is 0 Å². The number of fused-ring (bicyclic) bond motifs is 3. The molecule has 8 rings (SSSR count). The van der Waals surface area contributed by atoms with Gasteiger partial charge in [0.1, 0.15) is 39.0 Å². The van der Waals surface area contributed by atoms with Crippen molar-refractivity contribution in [2.75, 3.05) is 6.61 Å². The Balaban J connectivity index is 1.43. The highest BCUT2D eigenvalue weighted by Gasteiger charge is 2.24. The van der Waals surface area contributed by atoms with E-state index in [-0.39, 0.29) is 0 Å². The molecule has 4 aromatic heterocycles. The van der Waals surface area contributed by atoms with Gasteiger partial charge in [0.05, 0.1) is 49.1 Å². The first kappa shape index (κ1) is 35.1. The number of para-hydroxylation sites is 2. The maximum atomic E-state index is 10.9. The maximum absolute atomic E-state index is 10.9. The summed E-state index contributed by atoms with van der Waals surface area (Å²) in [6.07, 6.45) is 4.62. The smallest absolute Gasteiger partial charge is 0.137 e. The highest BCUT2D eigenvalue weighted by Crippen LogP contribution is 2.35. The zero-order valence-electron chi connectivity index (χ0n) is 30.4. The lowest BCUT2D eigenvalue weighted by atomic mass is 10.0. The van der Waals surface area contributed by atoms with Gasteiger partial charge in [-0.15, -0.1) is 22.7 Å². The molecule has 0 radical (unpaired) electrons. The summed E-state index contributed by atoms with van der Waals surface area (Å²) in [5, 5.41) is 26.0. The Hall–Kier alpha value is -6.00. The fourth-order valence-corrected chi connectivity index (χ4v) is 9.04. The van der Waals surface area contributed by atoms with Gasteiger partial charge in [0.25, 0.3) is 0 Å². The Morgan fingerprint density at radius 3 is 1.83 bits per heavy atom. The highest BCUT2D eigenvalue weighted by molar-refractivity contribution is 7.20. The van der Waals surface area contributed by atoms with Crippen LogP contribution in [0.1, 0.15) is 55.1 Å². The van der Waals surface area contributed by atoms with Crippen LogP contribution in [0.15, 0.2) is 97.1 Å². The van der Waals surface area contributed by atoms with Gasteiger partial charge in [-0.25, -0.2) is 9.97 Å². The summed E-state index contributed by atoms with van der Waals surface area (Å²) >= 11 is 2.99. The van der Waals surface area contributed by atoms with Gasteiger partial charge in [-0.3, -0.25) is 0 Å². The first-order valence-corrected chi connectivity index (χ1v) is 20.0. The van der Waals surface area contributed by atoms with Crippen molar-refractivity contribution in [2.45, 2.75) is 46.5 Å². The van der Waals surface area contributed by atoms with E-state index >= 15 is 0 Å². The number of nitrogens with one attached hydrogen (secondary N) is 2. The fraction of sp³-hybridized carbons (Fsp3) is 0.200. The Bertz CT molecular complexity index is 2700. The second-order valence-corrected chi connectivity index (χ2v) is 15.6. The van der Waals surface area contributed by atoms with Crippen LogP contribution in [0.5, 0.6) is 5.75 Å². The lowest BCUT2D eigenvalue weighted by Crippen LogP contribution is -2.11. The molecule has 0 aliphatic heterocycles. The van der Waals surface area contributed by atoms with Crippen LogP contribution >= 0.6 is 22.7 Å². The summed E-state index contributed by atoms with van der Waals surface area (Å²) in [4.78, 5) is 17.3. The standard InChI is InChI=1S/C45H38N6OS2/c1-4-6-14-28(5-2)26-52-30-22-20-29(21-23-30)40-38-39(43(50-40)33(25-47)45-49-35-17-10-12-19-37(35)54-45)41(31-15-8-7-13-27(31)3)51-42(38)32(24-46)44-48-34-16-9-11-18-36(34)53-44/h7-13,15-23,28,50-51H,4-6,14,26H2,1-3H3/b42-32-,43-33-. The Labute approximate surface area is 321 Å². The molecule has 0 aliphatic carbocycles. The molecule has 1 unspecified atom stereocenters. The van der Waals surface area contributed by atoms with Gasteiger partial charge < -0.3 is 14.7 Å². The van der Waals surface area contributed by atoms with Crippen molar-refractivity contribution in [1.29, 1.82) is 10.5 Å². The van der Waals surface area contributed by atoms with Crippen molar-refractivity contribution >= 4 is 65.0 Å². The lowest BCUT2D eigenvalue weighted by Gasteiger charge is -2.15. The number of unbranched alkanes of at least 4 members (excludes halogenated alkanes) is 1. The molecule has 0 spiro atoms. The maximum Gasteiger partial charge on any atom is 0.137 e. The molecule has 54 heavy (non-hydrogen) atoms. The highest BCUT2D eigenvalue weighted by atomic mass is 32.1. The number of ether oxygens (including phenoxy) is 1. The van der Waals surface area contributed by atoms with Gasteiger partial charge >= 0.3 is 0 Å². The topological polar surface area (TPSA) is 114 Å². The average Bonchev–Trinajstić information content (AvgIpc) is 3.99. The quantitative estimate of drug-likeness (QED) is 0.137. The van der Waals surface area contributed by atoms with Crippen LogP contribution in [0.25, 0.3) is 64.9 Å². The molecular formula is C45H38N6OS2. The molecule has 7 nitrogen and oxygen atoms in total. The first-order chi connectivity index (χ1) is 26.5. The Kier molecular flexibility index (Phi) is 9.84. The number of hydrogen-bond acceptors (Lipinski definition) is 7. The van der Waals surface area contributed by atoms with E-state index < -0.39 is 0 Å². The molecule has 266 valence electrons. The normalized spacial score (nSPS) is 13.2. The van der Waals surface area contributed by atoms with Crippen molar-refractivity contribution in [1.82, 2.24) is 19.9 Å². The number of nitrogens with zero attached hydrogens (tertiary/aromatic N) is 4. The van der Waals surface area contributed by atoms with E-state index in [2.05, 4.69) is 67.1 Å². The minimum atomic E-state index is 0.434. The van der Waals surface area contributed by atoms with Crippen LogP contribution in [-0.4, -0.2) is 26.5 Å². The average molecular weight is 743 g/mol. The van der Waals surface area contributed by atoms with Gasteiger partial charge in [-0.1, -0.05) is 81.6 Å². The molecule has 9 heteroatoms. The van der Waals surface area contributed by atoms with Crippen LogP contribution in [0.3, 0.4) is 0 Å². The third kappa shape index (κ3) is 6.47. The summed E-state index contributed by atoms with van der Waals surface area (Å²) in [7, 11) is 0. The molecule has 0 aliphatic rings. The number of benzene rings is 4. The summed E-state index contributed by atoms with van der Waals surface area (Å²) < 4.78 is 8.31. The van der Waals surface area contributed by atoms with Crippen LogP contribution in [-0.2, 0) is 0 Å². The molecule has 0 amide bonds. The van der Waals surface area contributed by atoms with Crippen LogP contribution in [0, 0.1) is 35.5 Å². The number of aromatic amines is 2. The van der Waals surface area contributed by atoms with Gasteiger partial charge in [0, 0.05) is 16.3 Å². The second kappa shape index (κ2) is 15.2. The molecule has 0 saturated carbocycles. The van der Waals surface area contributed by atoms with Crippen molar-refractivity contribution in [2.24, 2.45) is 5.92 Å². The minimum absolute atomic E-state index is 0.434. The third-order valence-electron chi connectivity index (χ3n) is 10.1. The first-order valence-electron chi connectivity index (χ1n) is 18.3. The number of aromatic nitrogens is 4. The Morgan fingerprint density at radius 2 is 1.28 bits per heavy atom. The molecule has 4 aromatic carbocycles. The van der Waals surface area contributed by atoms with Crippen molar-refractivity contribution in [3.8, 4) is 40.4 Å². The number of hydrogen-bond donors (Lipinski definition) is 2. The van der Waals surface area contributed by atoms with E-state index in [1.807, 2.05) is 72.8 Å². The predicted octanol–water partition coefficient (Wildman–Crippen LogP) is 10.4. The van der Waals surface area contributed by atoms with Crippen LogP contribution in [0.2, 0.25) is 0 Å². The number of aryl methyl sites for hydroxylation is 1. The molecule has 0 saturated heterocycles. The van der Waals surface area contributed by atoms with E-state index in [0.29, 0.717) is 44.4 Å². The largest absolute Gasteiger partial charge is 0.493 e. The molecular weight excluding hydrogens is 705 g/mol. The fourth-order valence-electron chi connectivity index (χ4n) is 7.11. The van der Waals surface area contributed by atoms with Crippen molar-refractivity contribution in [3.63, 3.8) is 0 Å². The summed E-state index contributed by atoms with van der Waals surface area (Å²) in [5.74, 6) is 1.33. The zero-order chi connectivity index (χ0) is 37.2. The van der Waals surface area contributed by atoms with Gasteiger partial charge in [-0.2, -0.15) is 10.5 Å². The molecule has 1 atom stereocenters. The van der Waals surface area contributed by atoms with E-state index in [0.717, 1.165) is 77.9 Å². The van der Waals surface area contributed by atoms with Crippen LogP contribution in [0.4, 0.5) is 0 Å². The van der Waals surface area contributed by atoms with Crippen molar-refractivity contribution < 1.29 is 4.74 Å². The Morgan fingerprint density at radius 1 is 0.722 bits per heavy atom. The number of rotatable bonds is 11. The summed E-state index contributed by atoms with van der Waals surface area (Å²) in [6, 6.07) is 37.2. The predicted molar refractivity (Wildman–Crippen MR) is 222 cm³/mol. The van der Waals surface area contributed by atoms with E-state index in [1.54, 1.807) is 0 Å². The summed E-state index contributed by atoms with van der Waals surface area (Å²) in [6.45, 7) is 7.20. The number of thiazole rings is 2. The minimum Gasteiger partial charge on any atom is -0.493 e. The number of nitriles is 2. The molecule has 2 N–H and O–H groups in total. The lowest BCUT2D eigenvalue weighted by molar-refractivity contribution is 0.233. The van der Waals surface area contributed by atoms with Gasteiger partial charge in [-0.05, 0) is 78.9 Å². The zero-order valence-corrected chi connectivity index (χ0v) is 32.0. The second-order valence-electron chi connectivity index (χ2n) is 13.5. The molecule has 8 aromatic rings. The SMILES string of the molecule is CCCCC(CC)COc1ccc(-c2[nH]/c(=C(/C#N)c3nc4ccccc4s3)c3c(-c4ccccc4C)[nH]/c(=C(/C#N)c4nc5ccccc5s4)c23)cc1. The molecule has 4 heterocycles. The number of H-pyrrole nitrogens is 2. The van der Waals surface area contributed by atoms with Gasteiger partial charge in [0.15, 0.2) is 0 Å². The molecule has 0 bridgehead atoms. The van der Waals surface area contributed by atoms with Crippen LogP contribution < -0.4 is 15.4 Å². The molecule has 0 fully saturated rings.